The number of phenolic OH excluding ortho intramolecular Hbond substituents is 1. The number of imidazole rings is 1. The summed E-state index contributed by atoms with van der Waals surface area (Å²) < 4.78 is 0. The Labute approximate surface area is 423 Å². The van der Waals surface area contributed by atoms with Crippen LogP contribution in [-0.4, -0.2) is 167 Å². The second-order valence-electron chi connectivity index (χ2n) is 17.8. The van der Waals surface area contributed by atoms with E-state index in [0.29, 0.717) is 11.3 Å². The van der Waals surface area contributed by atoms with Crippen molar-refractivity contribution in [3.05, 3.63) is 48.0 Å². The van der Waals surface area contributed by atoms with E-state index in [9.17, 15) is 78.0 Å². The van der Waals surface area contributed by atoms with E-state index in [4.69, 9.17) is 16.6 Å². The van der Waals surface area contributed by atoms with Crippen LogP contribution in [0.25, 0.3) is 0 Å². The number of aromatic hydroxyl groups is 1. The Bertz CT molecular complexity index is 2310. The number of carbonyl (C=O) groups is 12. The van der Waals surface area contributed by atoms with Gasteiger partial charge in [-0.05, 0) is 63.6 Å². The number of aromatic nitrogens is 2. The van der Waals surface area contributed by atoms with E-state index in [1.54, 1.807) is 13.8 Å². The van der Waals surface area contributed by atoms with Crippen molar-refractivity contribution in [2.45, 2.75) is 146 Å². The number of carboxylic acid groups (broad SMARTS) is 3. The van der Waals surface area contributed by atoms with Crippen molar-refractivity contribution in [1.29, 1.82) is 0 Å². The number of aliphatic hydroxyl groups excluding tert-OH is 1. The summed E-state index contributed by atoms with van der Waals surface area (Å²) >= 11 is 0. The van der Waals surface area contributed by atoms with E-state index >= 15 is 0 Å². The number of hydrogen-bond donors (Lipinski definition) is 16. The minimum Gasteiger partial charge on any atom is -0.508 e. The molecule has 74 heavy (non-hydrogen) atoms. The fourth-order valence-electron chi connectivity index (χ4n) is 6.77. The molecule has 0 aliphatic carbocycles. The van der Waals surface area contributed by atoms with Gasteiger partial charge >= 0.3 is 17.9 Å². The molecule has 2 rings (SSSR count). The zero-order valence-electron chi connectivity index (χ0n) is 41.2. The second kappa shape index (κ2) is 30.0. The molecule has 0 saturated heterocycles. The van der Waals surface area contributed by atoms with E-state index in [2.05, 4.69) is 52.5 Å². The van der Waals surface area contributed by atoms with E-state index in [-0.39, 0.29) is 37.4 Å². The van der Waals surface area contributed by atoms with E-state index in [1.165, 1.54) is 50.6 Å². The van der Waals surface area contributed by atoms with E-state index in [0.717, 1.165) is 6.92 Å². The molecule has 0 unspecified atom stereocenters. The topological polar surface area (TPSA) is 483 Å². The van der Waals surface area contributed by atoms with Crippen LogP contribution in [0.3, 0.4) is 0 Å². The monoisotopic (exact) mass is 1050 g/mol. The van der Waals surface area contributed by atoms with Gasteiger partial charge in [-0.2, -0.15) is 0 Å². The number of aliphatic carboxylic acids is 3. The Hall–Kier alpha value is -8.21. The van der Waals surface area contributed by atoms with Crippen LogP contribution in [0.5, 0.6) is 5.75 Å². The third-order valence-corrected chi connectivity index (χ3v) is 10.8. The highest BCUT2D eigenvalue weighted by atomic mass is 16.4. The molecule has 0 radical (unpaired) electrons. The van der Waals surface area contributed by atoms with E-state index < -0.39 is 157 Å². The Morgan fingerprint density at radius 2 is 1.09 bits per heavy atom. The van der Waals surface area contributed by atoms with Gasteiger partial charge < -0.3 is 84.5 Å². The van der Waals surface area contributed by atoms with Crippen molar-refractivity contribution in [3.63, 3.8) is 0 Å². The fraction of sp³-hybridized carbons (Fsp3) is 0.533. The molecular formula is C45H66N12O17. The molecule has 0 aliphatic heterocycles. The molecule has 0 spiro atoms. The number of primary amides is 1. The van der Waals surface area contributed by atoms with Crippen molar-refractivity contribution < 1.29 is 83.1 Å². The number of nitrogens with two attached hydrogens (primary N) is 2. The molecule has 29 heteroatoms. The third kappa shape index (κ3) is 22.1. The summed E-state index contributed by atoms with van der Waals surface area (Å²) in [4.78, 5) is 160. The molecule has 18 N–H and O–H groups in total. The normalized spacial score (nSPS) is 15.1. The van der Waals surface area contributed by atoms with Gasteiger partial charge in [-0.1, -0.05) is 26.0 Å². The lowest BCUT2D eigenvalue weighted by Gasteiger charge is -2.27. The number of phenols is 1. The van der Waals surface area contributed by atoms with Crippen LogP contribution >= 0.6 is 0 Å². The van der Waals surface area contributed by atoms with Crippen molar-refractivity contribution in [3.8, 4) is 5.75 Å². The van der Waals surface area contributed by atoms with Gasteiger partial charge in [-0.3, -0.25) is 52.7 Å². The summed E-state index contributed by atoms with van der Waals surface area (Å²) in [7, 11) is 0. The lowest BCUT2D eigenvalue weighted by atomic mass is 10.0. The predicted molar refractivity (Wildman–Crippen MR) is 255 cm³/mol. The zero-order chi connectivity index (χ0) is 56.0. The minimum atomic E-state index is -1.85. The maximum Gasteiger partial charge on any atom is 0.326 e. The Kier molecular flexibility index (Phi) is 25.1. The summed E-state index contributed by atoms with van der Waals surface area (Å²) in [5.41, 5.74) is 11.7. The maximum absolute atomic E-state index is 14.0. The number of benzene rings is 1. The minimum absolute atomic E-state index is 0.0215. The van der Waals surface area contributed by atoms with Crippen molar-refractivity contribution in [2.24, 2.45) is 17.4 Å². The van der Waals surface area contributed by atoms with Gasteiger partial charge in [-0.15, -0.1) is 0 Å². The molecule has 1 aromatic carbocycles. The van der Waals surface area contributed by atoms with Gasteiger partial charge in [-0.25, -0.2) is 9.78 Å². The van der Waals surface area contributed by atoms with Crippen LogP contribution in [0.4, 0.5) is 0 Å². The van der Waals surface area contributed by atoms with Gasteiger partial charge in [0.2, 0.25) is 53.2 Å². The number of nitrogens with zero attached hydrogens (tertiary/aromatic N) is 1. The molecule has 0 bridgehead atoms. The number of aliphatic hydroxyl groups is 1. The summed E-state index contributed by atoms with van der Waals surface area (Å²) in [6, 6.07) is -8.48. The van der Waals surface area contributed by atoms with Crippen LogP contribution in [0, 0.1) is 5.92 Å². The molecule has 10 atom stereocenters. The molecule has 29 nitrogen and oxygen atoms in total. The standard InChI is InChI=1S/C45H66N12O17/c1-20(2)14-29(41(69)51-22(4)38(66)57-36(23(5)58)44(72)56-32(45(73)74)15-24-6-8-26(59)9-7-24)55-42(70)30(16-25-18-48-19-49-25)53-37(65)21(3)50-40(68)28(11-12-33(47)60)52-43(71)31(17-35(63)64)54-39(67)27(46)10-13-34(61)62/h6-9,18-23,27-32,36,58-59H,10-17,46H2,1-5H3,(H2,47,60)(H,48,49)(H,50,68)(H,51,69)(H,52,71)(H,53,65)(H,54,67)(H,55,70)(H,56,72)(H,57,66)(H,61,62)(H,63,64)(H,73,74)/t21-,22-,23+,27-,28-,29-,30-,31-,32-,36-/m0/s1. The number of carbonyl (C=O) groups excluding carboxylic acids is 9. The van der Waals surface area contributed by atoms with Gasteiger partial charge in [0.05, 0.1) is 24.9 Å². The predicted octanol–water partition coefficient (Wildman–Crippen LogP) is -4.74. The Balaban J connectivity index is 2.25. The highest BCUT2D eigenvalue weighted by Gasteiger charge is 2.35. The number of rotatable bonds is 32. The van der Waals surface area contributed by atoms with Crippen LogP contribution in [0.1, 0.15) is 84.4 Å². The number of hydrogen-bond acceptors (Lipinski definition) is 16. The molecule has 2 aromatic rings. The maximum atomic E-state index is 14.0. The summed E-state index contributed by atoms with van der Waals surface area (Å²) in [6.45, 7) is 7.02. The summed E-state index contributed by atoms with van der Waals surface area (Å²) in [5.74, 6) is -13.8. The largest absolute Gasteiger partial charge is 0.508 e. The molecule has 9 amide bonds. The SMILES string of the molecule is CC(C)C[C@H](NC(=O)[C@H](Cc1cnc[nH]1)NC(=O)[C@H](C)NC(=O)[C@H](CCC(N)=O)NC(=O)[C@H](CC(=O)O)NC(=O)[C@@H](N)CCC(=O)O)C(=O)N[C@@H](C)C(=O)N[C@H](C(=O)N[C@@H](Cc1ccc(O)cc1)C(=O)O)[C@@H](C)O. The Morgan fingerprint density at radius 1 is 0.581 bits per heavy atom. The van der Waals surface area contributed by atoms with Gasteiger partial charge in [0.1, 0.15) is 54.1 Å². The summed E-state index contributed by atoms with van der Waals surface area (Å²) in [5, 5.41) is 66.7. The second-order valence-corrected chi connectivity index (χ2v) is 17.8. The summed E-state index contributed by atoms with van der Waals surface area (Å²) in [6.07, 6.45) is -2.34. The Morgan fingerprint density at radius 3 is 1.61 bits per heavy atom. The lowest BCUT2D eigenvalue weighted by Crippen LogP contribution is -2.61. The molecule has 0 saturated carbocycles. The first-order chi connectivity index (χ1) is 34.6. The quantitative estimate of drug-likeness (QED) is 0.0327. The molecule has 0 aliphatic rings. The third-order valence-electron chi connectivity index (χ3n) is 10.8. The van der Waals surface area contributed by atoms with Crippen LogP contribution in [0.2, 0.25) is 0 Å². The number of aromatic amines is 1. The highest BCUT2D eigenvalue weighted by Crippen LogP contribution is 2.13. The number of carboxylic acids is 3. The first-order valence-electron chi connectivity index (χ1n) is 23.1. The smallest absolute Gasteiger partial charge is 0.326 e. The van der Waals surface area contributed by atoms with Gasteiger partial charge in [0, 0.05) is 37.6 Å². The van der Waals surface area contributed by atoms with Crippen LogP contribution in [0.15, 0.2) is 36.8 Å². The lowest BCUT2D eigenvalue weighted by molar-refractivity contribution is -0.143. The van der Waals surface area contributed by atoms with Crippen molar-refractivity contribution in [1.82, 2.24) is 52.5 Å². The first-order valence-corrected chi connectivity index (χ1v) is 23.1. The molecule has 1 aromatic heterocycles. The highest BCUT2D eigenvalue weighted by molar-refractivity contribution is 5.98. The van der Waals surface area contributed by atoms with Crippen LogP contribution < -0.4 is 54.0 Å². The zero-order valence-corrected chi connectivity index (χ0v) is 41.2. The van der Waals surface area contributed by atoms with E-state index in [1.807, 2.05) is 0 Å². The number of amides is 9. The van der Waals surface area contributed by atoms with Crippen molar-refractivity contribution in [2.75, 3.05) is 0 Å². The molecular weight excluding hydrogens is 981 g/mol. The first kappa shape index (κ1) is 61.9. The molecule has 0 fully saturated rings. The van der Waals surface area contributed by atoms with Gasteiger partial charge in [0.25, 0.3) is 0 Å². The number of nitrogens with one attached hydrogen (secondary N) is 9. The van der Waals surface area contributed by atoms with Crippen LogP contribution in [-0.2, 0) is 70.4 Å². The fourth-order valence-corrected chi connectivity index (χ4v) is 6.77. The average molecular weight is 1050 g/mol. The van der Waals surface area contributed by atoms with Crippen molar-refractivity contribution >= 4 is 71.1 Å². The molecule has 1 heterocycles. The molecule has 408 valence electrons. The number of H-pyrrole nitrogens is 1. The average Bonchev–Trinajstić information content (AvgIpc) is 3.83. The van der Waals surface area contributed by atoms with Gasteiger partial charge in [0.15, 0.2) is 0 Å².